The maximum absolute atomic E-state index is 5.47. The highest BCUT2D eigenvalue weighted by atomic mass is 16.5. The van der Waals surface area contributed by atoms with Gasteiger partial charge >= 0.3 is 0 Å². The molecular formula is C14H25N3O2. The Morgan fingerprint density at radius 1 is 1.42 bits per heavy atom. The van der Waals surface area contributed by atoms with E-state index in [-0.39, 0.29) is 6.10 Å². The summed E-state index contributed by atoms with van der Waals surface area (Å²) in [6, 6.07) is 0.421. The summed E-state index contributed by atoms with van der Waals surface area (Å²) in [5.41, 5.74) is 0. The van der Waals surface area contributed by atoms with Crippen molar-refractivity contribution >= 4 is 0 Å². The number of aromatic nitrogens is 2. The van der Waals surface area contributed by atoms with Gasteiger partial charge in [-0.05, 0) is 31.7 Å². The van der Waals surface area contributed by atoms with Gasteiger partial charge in [-0.25, -0.2) is 0 Å². The van der Waals surface area contributed by atoms with Crippen LogP contribution in [0.2, 0.25) is 0 Å². The van der Waals surface area contributed by atoms with Crippen LogP contribution in [0, 0.1) is 5.92 Å². The zero-order chi connectivity index (χ0) is 13.7. The van der Waals surface area contributed by atoms with E-state index in [4.69, 9.17) is 9.26 Å². The monoisotopic (exact) mass is 267 g/mol. The Labute approximate surface area is 115 Å². The summed E-state index contributed by atoms with van der Waals surface area (Å²) in [4.78, 5) is 4.50. The van der Waals surface area contributed by atoms with Gasteiger partial charge in [0.05, 0.1) is 0 Å². The van der Waals surface area contributed by atoms with Gasteiger partial charge in [-0.15, -0.1) is 0 Å². The van der Waals surface area contributed by atoms with Crippen LogP contribution < -0.4 is 5.32 Å². The van der Waals surface area contributed by atoms with Crippen LogP contribution in [0.4, 0.5) is 0 Å². The lowest BCUT2D eigenvalue weighted by molar-refractivity contribution is 0.0751. The van der Waals surface area contributed by atoms with E-state index in [2.05, 4.69) is 29.3 Å². The van der Waals surface area contributed by atoms with Crippen LogP contribution in [0.25, 0.3) is 0 Å². The van der Waals surface area contributed by atoms with Crippen molar-refractivity contribution in [1.29, 1.82) is 0 Å². The summed E-state index contributed by atoms with van der Waals surface area (Å²) in [7, 11) is 1.72. The second-order valence-corrected chi connectivity index (χ2v) is 5.29. The average molecular weight is 267 g/mol. The number of likely N-dealkylation sites (N-methyl/N-ethyl adjacent to an activating group) is 1. The molecule has 0 saturated heterocycles. The smallest absolute Gasteiger partial charge is 0.228 e. The van der Waals surface area contributed by atoms with E-state index in [0.717, 1.165) is 31.7 Å². The van der Waals surface area contributed by atoms with Crippen molar-refractivity contribution < 1.29 is 9.26 Å². The Morgan fingerprint density at radius 2 is 2.21 bits per heavy atom. The largest absolute Gasteiger partial charge is 0.373 e. The molecule has 2 rings (SSSR count). The van der Waals surface area contributed by atoms with Crippen molar-refractivity contribution in [3.63, 3.8) is 0 Å². The Balaban J connectivity index is 1.95. The molecule has 1 fully saturated rings. The Bertz CT molecular complexity index is 371. The molecule has 5 heteroatoms. The average Bonchev–Trinajstić information content (AvgIpc) is 3.12. The molecule has 2 unspecified atom stereocenters. The van der Waals surface area contributed by atoms with Crippen molar-refractivity contribution in [2.24, 2.45) is 5.92 Å². The Kier molecular flexibility index (Phi) is 5.34. The molecule has 0 spiro atoms. The molecule has 2 atom stereocenters. The Morgan fingerprint density at radius 3 is 2.79 bits per heavy atom. The summed E-state index contributed by atoms with van der Waals surface area (Å²) in [6.45, 7) is 5.28. The first-order valence-corrected chi connectivity index (χ1v) is 7.37. The molecule has 0 aromatic carbocycles. The fourth-order valence-electron chi connectivity index (χ4n) is 2.50. The lowest BCUT2D eigenvalue weighted by Gasteiger charge is -2.14. The van der Waals surface area contributed by atoms with Crippen LogP contribution in [0.3, 0.4) is 0 Å². The van der Waals surface area contributed by atoms with E-state index >= 15 is 0 Å². The van der Waals surface area contributed by atoms with E-state index in [0.29, 0.717) is 17.8 Å². The first-order valence-electron chi connectivity index (χ1n) is 7.37. The minimum absolute atomic E-state index is 0.0151. The highest BCUT2D eigenvalue weighted by Gasteiger charge is 2.35. The van der Waals surface area contributed by atoms with Gasteiger partial charge in [-0.3, -0.25) is 0 Å². The maximum atomic E-state index is 5.47. The van der Waals surface area contributed by atoms with E-state index in [9.17, 15) is 0 Å². The number of methoxy groups -OCH3 is 1. The van der Waals surface area contributed by atoms with Crippen molar-refractivity contribution in [1.82, 2.24) is 15.5 Å². The van der Waals surface area contributed by atoms with Gasteiger partial charge in [0.2, 0.25) is 11.7 Å². The third kappa shape index (κ3) is 4.01. The number of hydrogen-bond acceptors (Lipinski definition) is 5. The van der Waals surface area contributed by atoms with E-state index in [1.807, 2.05) is 0 Å². The normalized spacial score (nSPS) is 18.5. The second kappa shape index (κ2) is 7.01. The molecule has 1 aromatic rings. The van der Waals surface area contributed by atoms with Gasteiger partial charge in [-0.1, -0.05) is 25.4 Å². The fourth-order valence-corrected chi connectivity index (χ4v) is 2.50. The molecule has 0 radical (unpaired) electrons. The molecule has 1 aliphatic carbocycles. The van der Waals surface area contributed by atoms with Gasteiger partial charge in [0.25, 0.3) is 0 Å². The molecule has 0 aliphatic heterocycles. The number of ether oxygens (including phenoxy) is 1. The molecule has 108 valence electrons. The van der Waals surface area contributed by atoms with Crippen LogP contribution in [-0.2, 0) is 11.2 Å². The first-order chi connectivity index (χ1) is 9.28. The van der Waals surface area contributed by atoms with Crippen molar-refractivity contribution in [2.75, 3.05) is 13.7 Å². The molecule has 0 bridgehead atoms. The van der Waals surface area contributed by atoms with Gasteiger partial charge in [0.1, 0.15) is 6.10 Å². The van der Waals surface area contributed by atoms with Crippen LogP contribution >= 0.6 is 0 Å². The van der Waals surface area contributed by atoms with Gasteiger partial charge in [-0.2, -0.15) is 4.98 Å². The predicted molar refractivity (Wildman–Crippen MR) is 72.8 cm³/mol. The van der Waals surface area contributed by atoms with Crippen LogP contribution in [0.5, 0.6) is 0 Å². The van der Waals surface area contributed by atoms with Gasteiger partial charge < -0.3 is 14.6 Å². The lowest BCUT2D eigenvalue weighted by atomic mass is 10.1. The van der Waals surface area contributed by atoms with Crippen LogP contribution in [0.15, 0.2) is 4.52 Å². The topological polar surface area (TPSA) is 60.2 Å². The molecule has 0 amide bonds. The molecule has 1 aliphatic rings. The number of nitrogens with one attached hydrogen (secondary N) is 1. The van der Waals surface area contributed by atoms with Crippen molar-refractivity contribution in [3.05, 3.63) is 11.7 Å². The Hall–Kier alpha value is -0.940. The summed E-state index contributed by atoms with van der Waals surface area (Å²) >= 11 is 0. The van der Waals surface area contributed by atoms with Crippen molar-refractivity contribution in [3.8, 4) is 0 Å². The van der Waals surface area contributed by atoms with Gasteiger partial charge in [0.15, 0.2) is 0 Å². The molecular weight excluding hydrogens is 242 g/mol. The molecule has 1 heterocycles. The van der Waals surface area contributed by atoms with Crippen molar-refractivity contribution in [2.45, 2.75) is 58.1 Å². The molecule has 1 aromatic heterocycles. The zero-order valence-corrected chi connectivity index (χ0v) is 12.2. The molecule has 1 saturated carbocycles. The minimum Gasteiger partial charge on any atom is -0.373 e. The summed E-state index contributed by atoms with van der Waals surface area (Å²) < 4.78 is 10.8. The standard InChI is InChI=1S/C14H25N3O2/c1-4-6-11(15-5-2)9-12-16-14(17-19-12)13(18-3)10-7-8-10/h10-11,13,15H,4-9H2,1-3H3. The third-order valence-corrected chi connectivity index (χ3v) is 3.59. The van der Waals surface area contributed by atoms with Gasteiger partial charge in [0, 0.05) is 19.6 Å². The SMILES string of the molecule is CCCC(Cc1nc(C(OC)C2CC2)no1)NCC. The lowest BCUT2D eigenvalue weighted by Crippen LogP contribution is -2.30. The van der Waals surface area contributed by atoms with E-state index < -0.39 is 0 Å². The highest BCUT2D eigenvalue weighted by Crippen LogP contribution is 2.41. The minimum atomic E-state index is 0.0151. The number of nitrogens with zero attached hydrogens (tertiary/aromatic N) is 2. The fraction of sp³-hybridized carbons (Fsp3) is 0.857. The summed E-state index contributed by atoms with van der Waals surface area (Å²) in [5.74, 6) is 2.01. The highest BCUT2D eigenvalue weighted by molar-refractivity contribution is 4.99. The summed E-state index contributed by atoms with van der Waals surface area (Å²) in [6.07, 6.45) is 5.51. The first kappa shape index (κ1) is 14.5. The second-order valence-electron chi connectivity index (χ2n) is 5.29. The van der Waals surface area contributed by atoms with E-state index in [1.54, 1.807) is 7.11 Å². The van der Waals surface area contributed by atoms with E-state index in [1.165, 1.54) is 12.8 Å². The molecule has 19 heavy (non-hydrogen) atoms. The quantitative estimate of drug-likeness (QED) is 0.745. The molecule has 5 nitrogen and oxygen atoms in total. The number of rotatable bonds is 9. The van der Waals surface area contributed by atoms with Crippen LogP contribution in [0.1, 0.15) is 57.3 Å². The number of hydrogen-bond donors (Lipinski definition) is 1. The third-order valence-electron chi connectivity index (χ3n) is 3.59. The molecule has 1 N–H and O–H groups in total. The summed E-state index contributed by atoms with van der Waals surface area (Å²) in [5, 5.41) is 7.54. The van der Waals surface area contributed by atoms with Crippen LogP contribution in [-0.4, -0.2) is 29.8 Å². The maximum Gasteiger partial charge on any atom is 0.228 e. The zero-order valence-electron chi connectivity index (χ0n) is 12.2. The predicted octanol–water partition coefficient (Wildman–Crippen LogP) is 2.49.